The van der Waals surface area contributed by atoms with E-state index in [0.717, 1.165) is 25.2 Å². The third-order valence-corrected chi connectivity index (χ3v) is 5.22. The lowest BCUT2D eigenvalue weighted by molar-refractivity contribution is 0.0623. The largest absolute Gasteiger partial charge is 0.297 e. The van der Waals surface area contributed by atoms with Gasteiger partial charge in [-0.25, -0.2) is 0 Å². The van der Waals surface area contributed by atoms with Gasteiger partial charge >= 0.3 is 0 Å². The molecule has 0 radical (unpaired) electrons. The number of aryl methyl sites for hydroxylation is 2. The highest BCUT2D eigenvalue weighted by Gasteiger charge is 2.44. The molecular formula is C16H31N5. The molecule has 1 aliphatic rings. The lowest BCUT2D eigenvalue weighted by Gasteiger charge is -2.46. The molecular weight excluding hydrogens is 262 g/mol. The number of hydrogen-bond acceptors (Lipinski definition) is 4. The van der Waals surface area contributed by atoms with Crippen molar-refractivity contribution in [3.63, 3.8) is 0 Å². The summed E-state index contributed by atoms with van der Waals surface area (Å²) in [5.74, 6) is 5.98. The van der Waals surface area contributed by atoms with Gasteiger partial charge in [-0.3, -0.25) is 20.9 Å². The van der Waals surface area contributed by atoms with Crippen molar-refractivity contribution in [2.75, 3.05) is 13.1 Å². The van der Waals surface area contributed by atoms with Gasteiger partial charge in [0.25, 0.3) is 0 Å². The molecule has 1 unspecified atom stereocenters. The van der Waals surface area contributed by atoms with Crippen LogP contribution >= 0.6 is 0 Å². The second kappa shape index (κ2) is 6.90. The Morgan fingerprint density at radius 1 is 1.38 bits per heavy atom. The fourth-order valence-electron chi connectivity index (χ4n) is 4.19. The first-order chi connectivity index (χ1) is 10.1. The van der Waals surface area contributed by atoms with E-state index in [1.54, 1.807) is 0 Å². The molecule has 120 valence electrons. The molecule has 1 aromatic heterocycles. The van der Waals surface area contributed by atoms with Crippen molar-refractivity contribution in [3.05, 3.63) is 17.5 Å². The molecule has 0 saturated heterocycles. The van der Waals surface area contributed by atoms with Gasteiger partial charge < -0.3 is 0 Å². The van der Waals surface area contributed by atoms with E-state index in [9.17, 15) is 0 Å². The number of likely N-dealkylation sites (N-methyl/N-ethyl adjacent to an activating group) is 1. The number of aromatic nitrogens is 2. The molecule has 1 fully saturated rings. The minimum Gasteiger partial charge on any atom is -0.297 e. The van der Waals surface area contributed by atoms with E-state index in [4.69, 9.17) is 5.84 Å². The lowest BCUT2D eigenvalue weighted by Crippen LogP contribution is -2.62. The molecule has 1 atom stereocenters. The second-order valence-electron chi connectivity index (χ2n) is 6.31. The van der Waals surface area contributed by atoms with Crippen molar-refractivity contribution in [3.8, 4) is 0 Å². The second-order valence-corrected chi connectivity index (χ2v) is 6.31. The maximum atomic E-state index is 5.98. The van der Waals surface area contributed by atoms with Gasteiger partial charge in [0.15, 0.2) is 0 Å². The molecule has 0 spiro atoms. The average molecular weight is 293 g/mol. The summed E-state index contributed by atoms with van der Waals surface area (Å²) in [6, 6.07) is 2.45. The SMILES string of the molecule is CCN(CC)C1(C(Cc2cc(C)nn2C)NN)CCCC1. The molecule has 3 N–H and O–H groups in total. The molecule has 0 aromatic carbocycles. The zero-order valence-electron chi connectivity index (χ0n) is 14.0. The molecule has 1 heterocycles. The smallest absolute Gasteiger partial charge is 0.0596 e. The summed E-state index contributed by atoms with van der Waals surface area (Å²) in [6.45, 7) is 8.72. The third-order valence-electron chi connectivity index (χ3n) is 5.22. The predicted molar refractivity (Wildman–Crippen MR) is 86.9 cm³/mol. The van der Waals surface area contributed by atoms with Crippen LogP contribution < -0.4 is 11.3 Å². The van der Waals surface area contributed by atoms with E-state index < -0.39 is 0 Å². The molecule has 21 heavy (non-hydrogen) atoms. The highest BCUT2D eigenvalue weighted by Crippen LogP contribution is 2.39. The highest BCUT2D eigenvalue weighted by molar-refractivity contribution is 5.14. The van der Waals surface area contributed by atoms with Crippen LogP contribution in [-0.4, -0.2) is 39.4 Å². The van der Waals surface area contributed by atoms with Crippen molar-refractivity contribution in [2.45, 2.75) is 64.5 Å². The lowest BCUT2D eigenvalue weighted by atomic mass is 9.83. The highest BCUT2D eigenvalue weighted by atomic mass is 15.3. The Kier molecular flexibility index (Phi) is 5.41. The number of rotatable bonds is 7. The van der Waals surface area contributed by atoms with Crippen LogP contribution in [0.5, 0.6) is 0 Å². The first-order valence-corrected chi connectivity index (χ1v) is 8.28. The summed E-state index contributed by atoms with van der Waals surface area (Å²) >= 11 is 0. The molecule has 0 aliphatic heterocycles. The van der Waals surface area contributed by atoms with E-state index in [2.05, 4.69) is 35.3 Å². The van der Waals surface area contributed by atoms with Crippen molar-refractivity contribution < 1.29 is 0 Å². The van der Waals surface area contributed by atoms with Crippen LogP contribution in [0.2, 0.25) is 0 Å². The standard InChI is InChI=1S/C16H31N5/c1-5-21(6-2)16(9-7-8-10-16)15(18-17)12-14-11-13(3)19-20(14)4/h11,15,18H,5-10,12,17H2,1-4H3. The van der Waals surface area contributed by atoms with Gasteiger partial charge in [0.1, 0.15) is 0 Å². The summed E-state index contributed by atoms with van der Waals surface area (Å²) < 4.78 is 1.99. The number of hydrazine groups is 1. The van der Waals surface area contributed by atoms with Crippen molar-refractivity contribution in [2.24, 2.45) is 12.9 Å². The molecule has 2 rings (SSSR count). The first-order valence-electron chi connectivity index (χ1n) is 8.28. The summed E-state index contributed by atoms with van der Waals surface area (Å²) in [5, 5.41) is 4.47. The molecule has 5 nitrogen and oxygen atoms in total. The van der Waals surface area contributed by atoms with Crippen LogP contribution in [0.4, 0.5) is 0 Å². The van der Waals surface area contributed by atoms with Gasteiger partial charge in [0.05, 0.1) is 5.69 Å². The zero-order valence-corrected chi connectivity index (χ0v) is 14.0. The molecule has 0 amide bonds. The van der Waals surface area contributed by atoms with Gasteiger partial charge in [-0.1, -0.05) is 26.7 Å². The van der Waals surface area contributed by atoms with Crippen LogP contribution in [0.15, 0.2) is 6.07 Å². The van der Waals surface area contributed by atoms with Crippen molar-refractivity contribution in [1.29, 1.82) is 0 Å². The van der Waals surface area contributed by atoms with E-state index >= 15 is 0 Å². The normalized spacial score (nSPS) is 19.3. The molecule has 1 aliphatic carbocycles. The molecule has 5 heteroatoms. The fraction of sp³-hybridized carbons (Fsp3) is 0.812. The van der Waals surface area contributed by atoms with E-state index in [-0.39, 0.29) is 11.6 Å². The molecule has 1 saturated carbocycles. The van der Waals surface area contributed by atoms with Crippen LogP contribution in [0.25, 0.3) is 0 Å². The summed E-state index contributed by atoms with van der Waals surface area (Å²) in [7, 11) is 2.02. The third kappa shape index (κ3) is 3.15. The molecule has 1 aromatic rings. The summed E-state index contributed by atoms with van der Waals surface area (Å²) in [5.41, 5.74) is 5.66. The Hall–Kier alpha value is -0.910. The van der Waals surface area contributed by atoms with Gasteiger partial charge in [0.2, 0.25) is 0 Å². The monoisotopic (exact) mass is 293 g/mol. The van der Waals surface area contributed by atoms with Crippen molar-refractivity contribution in [1.82, 2.24) is 20.1 Å². The Labute approximate surface area is 128 Å². The minimum atomic E-state index is 0.191. The van der Waals surface area contributed by atoms with Crippen LogP contribution in [0, 0.1) is 6.92 Å². The number of nitrogens with one attached hydrogen (secondary N) is 1. The summed E-state index contributed by atoms with van der Waals surface area (Å²) in [6.07, 6.45) is 6.02. The number of nitrogens with two attached hydrogens (primary N) is 1. The Balaban J connectivity index is 2.26. The van der Waals surface area contributed by atoms with E-state index in [0.29, 0.717) is 0 Å². The zero-order chi connectivity index (χ0) is 15.5. The maximum Gasteiger partial charge on any atom is 0.0596 e. The summed E-state index contributed by atoms with van der Waals surface area (Å²) in [4.78, 5) is 2.60. The number of hydrogen-bond donors (Lipinski definition) is 2. The predicted octanol–water partition coefficient (Wildman–Crippen LogP) is 1.76. The van der Waals surface area contributed by atoms with E-state index in [1.165, 1.54) is 31.4 Å². The first kappa shape index (κ1) is 16.5. The van der Waals surface area contributed by atoms with Gasteiger partial charge in [-0.05, 0) is 38.9 Å². The quantitative estimate of drug-likeness (QED) is 0.594. The van der Waals surface area contributed by atoms with Gasteiger partial charge in [0, 0.05) is 30.7 Å². The Morgan fingerprint density at radius 2 is 2.00 bits per heavy atom. The van der Waals surface area contributed by atoms with Gasteiger partial charge in [-0.15, -0.1) is 0 Å². The minimum absolute atomic E-state index is 0.191. The van der Waals surface area contributed by atoms with Crippen LogP contribution in [0.1, 0.15) is 50.9 Å². The van der Waals surface area contributed by atoms with Crippen molar-refractivity contribution >= 4 is 0 Å². The fourth-order valence-corrected chi connectivity index (χ4v) is 4.19. The topological polar surface area (TPSA) is 59.1 Å². The van der Waals surface area contributed by atoms with Crippen LogP contribution in [-0.2, 0) is 13.5 Å². The Bertz CT molecular complexity index is 444. The maximum absolute atomic E-state index is 5.98. The molecule has 0 bridgehead atoms. The van der Waals surface area contributed by atoms with E-state index in [1.807, 2.05) is 18.7 Å². The van der Waals surface area contributed by atoms with Gasteiger partial charge in [-0.2, -0.15) is 5.10 Å². The average Bonchev–Trinajstić information content (AvgIpc) is 3.05. The van der Waals surface area contributed by atoms with Crippen LogP contribution in [0.3, 0.4) is 0 Å². The number of nitrogens with zero attached hydrogens (tertiary/aromatic N) is 3. The Morgan fingerprint density at radius 3 is 2.43 bits per heavy atom.